The van der Waals surface area contributed by atoms with E-state index in [0.717, 1.165) is 5.56 Å². The van der Waals surface area contributed by atoms with E-state index in [0.29, 0.717) is 11.1 Å². The van der Waals surface area contributed by atoms with E-state index >= 15 is 0 Å². The molecule has 0 radical (unpaired) electrons. The van der Waals surface area contributed by atoms with Gasteiger partial charge in [-0.15, -0.1) is 0 Å². The fraction of sp³-hybridized carbons (Fsp3) is 0.214. The zero-order chi connectivity index (χ0) is 12.0. The molecule has 0 aliphatic carbocycles. The molecule has 2 nitrogen and oxygen atoms in total. The SMILES string of the molecule is C/C=C\C(=C/C)C(=O)c1ccc(CO)cc1. The Kier molecular flexibility index (Phi) is 4.67. The first kappa shape index (κ1) is 12.4. The van der Waals surface area contributed by atoms with Crippen LogP contribution in [0.1, 0.15) is 29.8 Å². The summed E-state index contributed by atoms with van der Waals surface area (Å²) in [6.45, 7) is 3.72. The molecule has 0 atom stereocenters. The Balaban J connectivity index is 2.96. The fourth-order valence-electron chi connectivity index (χ4n) is 1.41. The van der Waals surface area contributed by atoms with E-state index in [1.54, 1.807) is 36.4 Å². The van der Waals surface area contributed by atoms with E-state index in [1.165, 1.54) is 0 Å². The molecule has 0 unspecified atom stereocenters. The number of hydrogen-bond donors (Lipinski definition) is 1. The van der Waals surface area contributed by atoms with Crippen molar-refractivity contribution in [3.63, 3.8) is 0 Å². The summed E-state index contributed by atoms with van der Waals surface area (Å²) >= 11 is 0. The van der Waals surface area contributed by atoms with Crippen LogP contribution in [0.4, 0.5) is 0 Å². The molecule has 84 valence electrons. The van der Waals surface area contributed by atoms with E-state index in [4.69, 9.17) is 5.11 Å². The van der Waals surface area contributed by atoms with Crippen LogP contribution in [-0.4, -0.2) is 10.9 Å². The molecule has 1 aromatic rings. The molecule has 0 aromatic heterocycles. The quantitative estimate of drug-likeness (QED) is 0.477. The summed E-state index contributed by atoms with van der Waals surface area (Å²) in [5.74, 6) is 0.00471. The van der Waals surface area contributed by atoms with Gasteiger partial charge in [-0.05, 0) is 19.4 Å². The number of hydrogen-bond acceptors (Lipinski definition) is 2. The van der Waals surface area contributed by atoms with Crippen molar-refractivity contribution in [2.24, 2.45) is 0 Å². The maximum atomic E-state index is 12.0. The predicted octanol–water partition coefficient (Wildman–Crippen LogP) is 2.88. The van der Waals surface area contributed by atoms with Gasteiger partial charge in [0.25, 0.3) is 0 Å². The van der Waals surface area contributed by atoms with E-state index in [1.807, 2.05) is 19.9 Å². The molecule has 0 aliphatic rings. The average molecular weight is 216 g/mol. The van der Waals surface area contributed by atoms with Gasteiger partial charge in [-0.25, -0.2) is 0 Å². The molecule has 0 amide bonds. The number of carbonyl (C=O) groups excluding carboxylic acids is 1. The van der Waals surface area contributed by atoms with E-state index in [-0.39, 0.29) is 12.4 Å². The number of aliphatic hydroxyl groups excluding tert-OH is 1. The lowest BCUT2D eigenvalue weighted by molar-refractivity contribution is 0.103. The number of benzene rings is 1. The van der Waals surface area contributed by atoms with Crippen molar-refractivity contribution < 1.29 is 9.90 Å². The molecule has 0 saturated heterocycles. The first-order chi connectivity index (χ1) is 7.72. The van der Waals surface area contributed by atoms with Crippen LogP contribution in [0, 0.1) is 0 Å². The first-order valence-corrected chi connectivity index (χ1v) is 5.26. The Labute approximate surface area is 95.9 Å². The van der Waals surface area contributed by atoms with E-state index < -0.39 is 0 Å². The Morgan fingerprint density at radius 3 is 2.31 bits per heavy atom. The van der Waals surface area contributed by atoms with Gasteiger partial charge in [0.2, 0.25) is 0 Å². The van der Waals surface area contributed by atoms with Crippen LogP contribution in [0.2, 0.25) is 0 Å². The van der Waals surface area contributed by atoms with Crippen molar-refractivity contribution >= 4 is 5.78 Å². The highest BCUT2D eigenvalue weighted by Crippen LogP contribution is 2.11. The maximum Gasteiger partial charge on any atom is 0.192 e. The molecule has 1 rings (SSSR count). The summed E-state index contributed by atoms with van der Waals surface area (Å²) in [4.78, 5) is 12.0. The molecule has 0 bridgehead atoms. The third kappa shape index (κ3) is 2.91. The molecule has 1 N–H and O–H groups in total. The normalized spacial score (nSPS) is 12.1. The average Bonchev–Trinajstić information content (AvgIpc) is 2.35. The van der Waals surface area contributed by atoms with Gasteiger partial charge >= 0.3 is 0 Å². The summed E-state index contributed by atoms with van der Waals surface area (Å²) in [7, 11) is 0. The monoisotopic (exact) mass is 216 g/mol. The van der Waals surface area contributed by atoms with E-state index in [9.17, 15) is 4.79 Å². The number of aliphatic hydroxyl groups is 1. The van der Waals surface area contributed by atoms with Crippen LogP contribution in [-0.2, 0) is 6.61 Å². The third-order valence-corrected chi connectivity index (χ3v) is 2.32. The number of carbonyl (C=O) groups is 1. The highest BCUT2D eigenvalue weighted by Gasteiger charge is 2.08. The van der Waals surface area contributed by atoms with Crippen molar-refractivity contribution in [2.75, 3.05) is 0 Å². The van der Waals surface area contributed by atoms with Gasteiger partial charge in [0.05, 0.1) is 6.61 Å². The van der Waals surface area contributed by atoms with Crippen LogP contribution >= 0.6 is 0 Å². The first-order valence-electron chi connectivity index (χ1n) is 5.26. The molecule has 2 heteroatoms. The van der Waals surface area contributed by atoms with Crippen LogP contribution in [0.5, 0.6) is 0 Å². The lowest BCUT2D eigenvalue weighted by atomic mass is 10.0. The van der Waals surface area contributed by atoms with Gasteiger partial charge in [-0.2, -0.15) is 0 Å². The molecule has 16 heavy (non-hydrogen) atoms. The summed E-state index contributed by atoms with van der Waals surface area (Å²) in [6, 6.07) is 6.99. The zero-order valence-electron chi connectivity index (χ0n) is 9.60. The number of allylic oxidation sites excluding steroid dienone is 4. The Hall–Kier alpha value is -1.67. The van der Waals surface area contributed by atoms with Gasteiger partial charge in [-0.3, -0.25) is 4.79 Å². The topological polar surface area (TPSA) is 37.3 Å². The summed E-state index contributed by atoms with van der Waals surface area (Å²) in [5, 5.41) is 8.90. The zero-order valence-corrected chi connectivity index (χ0v) is 9.60. The predicted molar refractivity (Wildman–Crippen MR) is 65.3 cm³/mol. The molecule has 0 saturated carbocycles. The van der Waals surface area contributed by atoms with Crippen LogP contribution in [0.3, 0.4) is 0 Å². The van der Waals surface area contributed by atoms with Crippen LogP contribution < -0.4 is 0 Å². The van der Waals surface area contributed by atoms with Crippen LogP contribution in [0.25, 0.3) is 0 Å². The van der Waals surface area contributed by atoms with Crippen molar-refractivity contribution in [3.8, 4) is 0 Å². The summed E-state index contributed by atoms with van der Waals surface area (Å²) < 4.78 is 0. The Bertz CT molecular complexity index is 411. The summed E-state index contributed by atoms with van der Waals surface area (Å²) in [5.41, 5.74) is 2.13. The van der Waals surface area contributed by atoms with Crippen molar-refractivity contribution in [1.29, 1.82) is 0 Å². The maximum absolute atomic E-state index is 12.0. The second kappa shape index (κ2) is 6.03. The molecule has 0 aliphatic heterocycles. The minimum Gasteiger partial charge on any atom is -0.392 e. The molecular formula is C14H16O2. The van der Waals surface area contributed by atoms with Crippen molar-refractivity contribution in [2.45, 2.75) is 20.5 Å². The van der Waals surface area contributed by atoms with Crippen molar-refractivity contribution in [3.05, 3.63) is 59.2 Å². The van der Waals surface area contributed by atoms with Crippen LogP contribution in [0.15, 0.2) is 48.1 Å². The van der Waals surface area contributed by atoms with E-state index in [2.05, 4.69) is 0 Å². The fourth-order valence-corrected chi connectivity index (χ4v) is 1.41. The minimum absolute atomic E-state index is 0.000191. The standard InChI is InChI=1S/C14H16O2/c1-3-5-12(4-2)14(16)13-8-6-11(10-15)7-9-13/h3-9,15H,10H2,1-2H3/b5-3-,12-4+. The van der Waals surface area contributed by atoms with Gasteiger partial charge < -0.3 is 5.11 Å². The number of rotatable bonds is 4. The number of ketones is 1. The van der Waals surface area contributed by atoms with Crippen molar-refractivity contribution in [1.82, 2.24) is 0 Å². The molecule has 1 aromatic carbocycles. The Morgan fingerprint density at radius 2 is 1.88 bits per heavy atom. The number of Topliss-reactive ketones (excluding diaryl/α,β-unsaturated/α-hetero) is 1. The minimum atomic E-state index is -0.000191. The second-order valence-corrected chi connectivity index (χ2v) is 3.43. The molecule has 0 heterocycles. The smallest absolute Gasteiger partial charge is 0.192 e. The molecular weight excluding hydrogens is 200 g/mol. The van der Waals surface area contributed by atoms with Gasteiger partial charge in [0, 0.05) is 11.1 Å². The highest BCUT2D eigenvalue weighted by molar-refractivity contribution is 6.10. The molecule has 0 fully saturated rings. The third-order valence-electron chi connectivity index (χ3n) is 2.32. The second-order valence-electron chi connectivity index (χ2n) is 3.43. The lowest BCUT2D eigenvalue weighted by Gasteiger charge is -2.02. The Morgan fingerprint density at radius 1 is 1.25 bits per heavy atom. The van der Waals surface area contributed by atoms with Gasteiger partial charge in [0.15, 0.2) is 5.78 Å². The van der Waals surface area contributed by atoms with Gasteiger partial charge in [0.1, 0.15) is 0 Å². The molecule has 0 spiro atoms. The lowest BCUT2D eigenvalue weighted by Crippen LogP contribution is -2.01. The largest absolute Gasteiger partial charge is 0.392 e. The van der Waals surface area contributed by atoms with Gasteiger partial charge in [-0.1, -0.05) is 42.5 Å². The summed E-state index contributed by atoms with van der Waals surface area (Å²) in [6.07, 6.45) is 5.43. The highest BCUT2D eigenvalue weighted by atomic mass is 16.3.